The van der Waals surface area contributed by atoms with Crippen LogP contribution in [0, 0.1) is 5.92 Å². The van der Waals surface area contributed by atoms with Crippen molar-refractivity contribution in [3.8, 4) is 0 Å². The molecule has 4 aliphatic rings. The second-order valence-electron chi connectivity index (χ2n) is 5.46. The fraction of sp³-hybridized carbons (Fsp3) is 1.00. The third-order valence-corrected chi connectivity index (χ3v) is 5.78. The predicted octanol–water partition coefficient (Wildman–Crippen LogP) is 0.458. The van der Waals surface area contributed by atoms with Crippen LogP contribution in [0.1, 0.15) is 12.8 Å². The Kier molecular flexibility index (Phi) is 3.17. The third kappa shape index (κ3) is 1.70. The summed E-state index contributed by atoms with van der Waals surface area (Å²) in [6.45, 7) is 7.24. The molecule has 4 heteroatoms. The standard InChI is InChI=1S/C12H23N3S/c13-9-12(15-5-7-16-8-6-15)10-14-3-1-11(12)2-4-14/h11H,1-10,13H2. The van der Waals surface area contributed by atoms with Gasteiger partial charge in [-0.05, 0) is 31.8 Å². The zero-order valence-corrected chi connectivity index (χ0v) is 10.8. The molecule has 4 heterocycles. The summed E-state index contributed by atoms with van der Waals surface area (Å²) in [5.74, 6) is 3.47. The number of thioether (sulfide) groups is 1. The van der Waals surface area contributed by atoms with Crippen LogP contribution in [0.3, 0.4) is 0 Å². The quantitative estimate of drug-likeness (QED) is 0.761. The summed E-state index contributed by atoms with van der Waals surface area (Å²) in [5.41, 5.74) is 6.51. The summed E-state index contributed by atoms with van der Waals surface area (Å²) < 4.78 is 0. The Hall–Kier alpha value is 0.230. The van der Waals surface area contributed by atoms with E-state index in [2.05, 4.69) is 21.6 Å². The van der Waals surface area contributed by atoms with Crippen LogP contribution in [0.15, 0.2) is 0 Å². The fourth-order valence-corrected chi connectivity index (χ4v) is 4.78. The van der Waals surface area contributed by atoms with Gasteiger partial charge in [0.1, 0.15) is 0 Å². The molecule has 1 atom stereocenters. The topological polar surface area (TPSA) is 32.5 Å². The molecule has 2 bridgehead atoms. The van der Waals surface area contributed by atoms with E-state index in [9.17, 15) is 0 Å². The van der Waals surface area contributed by atoms with E-state index in [0.717, 1.165) is 12.5 Å². The van der Waals surface area contributed by atoms with E-state index in [1.165, 1.54) is 57.1 Å². The molecular formula is C12H23N3S. The predicted molar refractivity (Wildman–Crippen MR) is 69.8 cm³/mol. The monoisotopic (exact) mass is 241 g/mol. The molecule has 4 saturated heterocycles. The summed E-state index contributed by atoms with van der Waals surface area (Å²) in [7, 11) is 0. The van der Waals surface area contributed by atoms with Gasteiger partial charge in [-0.15, -0.1) is 0 Å². The van der Waals surface area contributed by atoms with Crippen molar-refractivity contribution in [2.24, 2.45) is 11.7 Å². The van der Waals surface area contributed by atoms with Gasteiger partial charge in [-0.25, -0.2) is 0 Å². The van der Waals surface area contributed by atoms with E-state index < -0.39 is 0 Å². The molecule has 0 aromatic rings. The van der Waals surface area contributed by atoms with Gasteiger partial charge in [0.2, 0.25) is 0 Å². The van der Waals surface area contributed by atoms with Crippen molar-refractivity contribution in [1.29, 1.82) is 0 Å². The van der Waals surface area contributed by atoms with Gasteiger partial charge in [-0.3, -0.25) is 4.90 Å². The number of nitrogens with two attached hydrogens (primary N) is 1. The minimum absolute atomic E-state index is 0.331. The van der Waals surface area contributed by atoms with E-state index in [1.54, 1.807) is 0 Å². The molecule has 0 radical (unpaired) electrons. The highest BCUT2D eigenvalue weighted by atomic mass is 32.2. The maximum Gasteiger partial charge on any atom is 0.0488 e. The van der Waals surface area contributed by atoms with Gasteiger partial charge in [0, 0.05) is 43.2 Å². The maximum absolute atomic E-state index is 6.18. The molecule has 4 rings (SSSR count). The lowest BCUT2D eigenvalue weighted by molar-refractivity contribution is -0.0632. The van der Waals surface area contributed by atoms with Crippen molar-refractivity contribution in [3.05, 3.63) is 0 Å². The Labute approximate surface area is 103 Å². The van der Waals surface area contributed by atoms with Crippen molar-refractivity contribution < 1.29 is 0 Å². The molecule has 0 aromatic heterocycles. The lowest BCUT2D eigenvalue weighted by atomic mass is 9.71. The Morgan fingerprint density at radius 3 is 2.31 bits per heavy atom. The lowest BCUT2D eigenvalue weighted by Gasteiger charge is -2.58. The molecule has 3 nitrogen and oxygen atoms in total. The van der Waals surface area contributed by atoms with Crippen molar-refractivity contribution in [2.45, 2.75) is 18.4 Å². The minimum Gasteiger partial charge on any atom is -0.329 e. The van der Waals surface area contributed by atoms with Crippen LogP contribution in [-0.2, 0) is 0 Å². The fourth-order valence-electron chi connectivity index (χ4n) is 3.87. The van der Waals surface area contributed by atoms with Gasteiger partial charge in [0.15, 0.2) is 0 Å². The second kappa shape index (κ2) is 4.48. The molecule has 0 amide bonds. The molecular weight excluding hydrogens is 218 g/mol. The highest BCUT2D eigenvalue weighted by Crippen LogP contribution is 2.39. The van der Waals surface area contributed by atoms with Gasteiger partial charge < -0.3 is 10.6 Å². The second-order valence-corrected chi connectivity index (χ2v) is 6.68. The van der Waals surface area contributed by atoms with E-state index in [-0.39, 0.29) is 0 Å². The average Bonchev–Trinajstić information content (AvgIpc) is 2.41. The van der Waals surface area contributed by atoms with E-state index in [0.29, 0.717) is 5.54 Å². The number of rotatable bonds is 2. The van der Waals surface area contributed by atoms with Crippen molar-refractivity contribution in [2.75, 3.05) is 50.8 Å². The van der Waals surface area contributed by atoms with Crippen molar-refractivity contribution in [1.82, 2.24) is 9.80 Å². The summed E-state index contributed by atoms with van der Waals surface area (Å²) >= 11 is 2.10. The summed E-state index contributed by atoms with van der Waals surface area (Å²) in [6.07, 6.45) is 2.75. The van der Waals surface area contributed by atoms with Crippen LogP contribution in [0.25, 0.3) is 0 Å². The van der Waals surface area contributed by atoms with Crippen molar-refractivity contribution >= 4 is 11.8 Å². The van der Waals surface area contributed by atoms with Gasteiger partial charge in [-0.2, -0.15) is 11.8 Å². The molecule has 92 valence electrons. The first kappa shape index (κ1) is 11.3. The molecule has 0 saturated carbocycles. The highest BCUT2D eigenvalue weighted by Gasteiger charge is 2.49. The molecule has 1 unspecified atom stereocenters. The normalized spacial score (nSPS) is 44.8. The SMILES string of the molecule is NCC1(N2CCSCC2)CN2CCC1CC2. The van der Waals surface area contributed by atoms with Crippen LogP contribution in [-0.4, -0.2) is 66.1 Å². The van der Waals surface area contributed by atoms with E-state index in [1.807, 2.05) is 0 Å². The van der Waals surface area contributed by atoms with Gasteiger partial charge in [-0.1, -0.05) is 0 Å². The number of piperidine rings is 3. The van der Waals surface area contributed by atoms with Crippen LogP contribution < -0.4 is 5.73 Å². The van der Waals surface area contributed by atoms with Gasteiger partial charge >= 0.3 is 0 Å². The zero-order chi connectivity index (χ0) is 11.0. The summed E-state index contributed by atoms with van der Waals surface area (Å²) in [6, 6.07) is 0. The van der Waals surface area contributed by atoms with Crippen LogP contribution in [0.5, 0.6) is 0 Å². The van der Waals surface area contributed by atoms with E-state index >= 15 is 0 Å². The number of hydrogen-bond donors (Lipinski definition) is 1. The first-order valence-corrected chi connectivity index (χ1v) is 7.76. The van der Waals surface area contributed by atoms with Crippen LogP contribution in [0.4, 0.5) is 0 Å². The maximum atomic E-state index is 6.18. The Bertz CT molecular complexity index is 247. The van der Waals surface area contributed by atoms with Gasteiger partial charge in [0.05, 0.1) is 0 Å². The highest BCUT2D eigenvalue weighted by molar-refractivity contribution is 7.99. The number of nitrogens with zero attached hydrogens (tertiary/aromatic N) is 2. The largest absolute Gasteiger partial charge is 0.329 e. The Morgan fingerprint density at radius 2 is 1.81 bits per heavy atom. The van der Waals surface area contributed by atoms with Crippen LogP contribution >= 0.6 is 11.8 Å². The molecule has 4 fully saturated rings. The Morgan fingerprint density at radius 1 is 1.12 bits per heavy atom. The average molecular weight is 241 g/mol. The first-order chi connectivity index (χ1) is 7.85. The number of fused-ring (bicyclic) bond motifs is 3. The van der Waals surface area contributed by atoms with Crippen LogP contribution in [0.2, 0.25) is 0 Å². The number of hydrogen-bond acceptors (Lipinski definition) is 4. The summed E-state index contributed by atoms with van der Waals surface area (Å²) in [5, 5.41) is 0. The third-order valence-electron chi connectivity index (χ3n) is 4.84. The van der Waals surface area contributed by atoms with Gasteiger partial charge in [0.25, 0.3) is 0 Å². The lowest BCUT2D eigenvalue weighted by Crippen LogP contribution is -2.71. The molecule has 2 N–H and O–H groups in total. The molecule has 0 spiro atoms. The Balaban J connectivity index is 1.81. The smallest absolute Gasteiger partial charge is 0.0488 e. The first-order valence-electron chi connectivity index (χ1n) is 6.60. The summed E-state index contributed by atoms with van der Waals surface area (Å²) in [4.78, 5) is 5.36. The minimum atomic E-state index is 0.331. The molecule has 0 aromatic carbocycles. The van der Waals surface area contributed by atoms with Crippen molar-refractivity contribution in [3.63, 3.8) is 0 Å². The van der Waals surface area contributed by atoms with E-state index in [4.69, 9.17) is 5.73 Å². The molecule has 4 aliphatic heterocycles. The molecule has 16 heavy (non-hydrogen) atoms. The molecule has 0 aliphatic carbocycles. The zero-order valence-electron chi connectivity index (χ0n) is 10.0.